The zero-order valence-electron chi connectivity index (χ0n) is 11.7. The number of rotatable bonds is 4. The molecule has 4 heteroatoms. The first-order valence-electron chi connectivity index (χ1n) is 7.11. The van der Waals surface area contributed by atoms with E-state index in [1.54, 1.807) is 12.1 Å². The first kappa shape index (κ1) is 13.8. The monoisotopic (exact) mass is 262 g/mol. The zero-order chi connectivity index (χ0) is 13.7. The van der Waals surface area contributed by atoms with Crippen LogP contribution in [0.5, 0.6) is 0 Å². The van der Waals surface area contributed by atoms with Crippen LogP contribution in [0.3, 0.4) is 0 Å². The molecule has 0 radical (unpaired) electrons. The fourth-order valence-electron chi connectivity index (χ4n) is 2.56. The highest BCUT2D eigenvalue weighted by Crippen LogP contribution is 2.25. The molecular formula is C15H22N2O2. The van der Waals surface area contributed by atoms with E-state index in [-0.39, 0.29) is 5.91 Å². The number of nitrogens with zero attached hydrogens (tertiary/aromatic N) is 1. The number of amides is 1. The van der Waals surface area contributed by atoms with Gasteiger partial charge in [-0.3, -0.25) is 4.79 Å². The third-order valence-electron chi connectivity index (χ3n) is 3.66. The average molecular weight is 262 g/mol. The molecule has 0 saturated heterocycles. The molecule has 0 aromatic carbocycles. The van der Waals surface area contributed by atoms with E-state index in [2.05, 4.69) is 17.5 Å². The first-order chi connectivity index (χ1) is 9.19. The lowest BCUT2D eigenvalue weighted by molar-refractivity contribution is 0.0925. The summed E-state index contributed by atoms with van der Waals surface area (Å²) in [6, 6.07) is 3.45. The van der Waals surface area contributed by atoms with Gasteiger partial charge in [-0.2, -0.15) is 5.10 Å². The van der Waals surface area contributed by atoms with Crippen molar-refractivity contribution in [2.75, 3.05) is 0 Å². The molecule has 1 aromatic heterocycles. The highest BCUT2D eigenvalue weighted by Gasteiger charge is 2.17. The van der Waals surface area contributed by atoms with Gasteiger partial charge in [-0.15, -0.1) is 0 Å². The Morgan fingerprint density at radius 2 is 2.16 bits per heavy atom. The molecule has 1 N–H and O–H groups in total. The SMILES string of the molecule is CCCC1CCC(=NNC(=O)c2ccc(C)o2)CC1. The van der Waals surface area contributed by atoms with Crippen LogP contribution in [-0.2, 0) is 0 Å². The minimum Gasteiger partial charge on any atom is -0.456 e. The summed E-state index contributed by atoms with van der Waals surface area (Å²) in [5.74, 6) is 1.63. The molecule has 1 aliphatic carbocycles. The molecule has 1 heterocycles. The summed E-state index contributed by atoms with van der Waals surface area (Å²) in [4.78, 5) is 11.8. The summed E-state index contributed by atoms with van der Waals surface area (Å²) < 4.78 is 5.25. The molecule has 104 valence electrons. The van der Waals surface area contributed by atoms with Crippen molar-refractivity contribution in [3.63, 3.8) is 0 Å². The molecule has 0 aliphatic heterocycles. The number of aryl methyl sites for hydroxylation is 1. The highest BCUT2D eigenvalue weighted by atomic mass is 16.3. The van der Waals surface area contributed by atoms with Crippen molar-refractivity contribution < 1.29 is 9.21 Å². The van der Waals surface area contributed by atoms with Crippen LogP contribution in [0.1, 0.15) is 61.8 Å². The minimum absolute atomic E-state index is 0.267. The Labute approximate surface area is 114 Å². The molecular weight excluding hydrogens is 240 g/mol. The maximum Gasteiger partial charge on any atom is 0.307 e. The molecule has 0 bridgehead atoms. The van der Waals surface area contributed by atoms with Gasteiger partial charge >= 0.3 is 5.91 Å². The van der Waals surface area contributed by atoms with Gasteiger partial charge in [-0.05, 0) is 50.7 Å². The van der Waals surface area contributed by atoms with Gasteiger partial charge in [0.2, 0.25) is 0 Å². The van der Waals surface area contributed by atoms with E-state index in [4.69, 9.17) is 4.42 Å². The Kier molecular flexibility index (Phi) is 4.77. The van der Waals surface area contributed by atoms with E-state index in [0.717, 1.165) is 30.2 Å². The molecule has 1 amide bonds. The van der Waals surface area contributed by atoms with Crippen LogP contribution < -0.4 is 5.43 Å². The molecule has 0 unspecified atom stereocenters. The van der Waals surface area contributed by atoms with Gasteiger partial charge in [0.15, 0.2) is 5.76 Å². The van der Waals surface area contributed by atoms with Gasteiger partial charge in [0.05, 0.1) is 0 Å². The Balaban J connectivity index is 1.82. The largest absolute Gasteiger partial charge is 0.456 e. The molecule has 19 heavy (non-hydrogen) atoms. The highest BCUT2D eigenvalue weighted by molar-refractivity contribution is 5.93. The van der Waals surface area contributed by atoms with E-state index in [1.807, 2.05) is 6.92 Å². The van der Waals surface area contributed by atoms with Crippen LogP contribution >= 0.6 is 0 Å². The molecule has 1 aromatic rings. The number of hydrazone groups is 1. The van der Waals surface area contributed by atoms with Crippen LogP contribution in [0.4, 0.5) is 0 Å². The Morgan fingerprint density at radius 3 is 2.74 bits per heavy atom. The van der Waals surface area contributed by atoms with E-state index < -0.39 is 0 Å². The second-order valence-electron chi connectivity index (χ2n) is 5.26. The maximum absolute atomic E-state index is 11.8. The number of nitrogens with one attached hydrogen (secondary N) is 1. The molecule has 1 fully saturated rings. The third-order valence-corrected chi connectivity index (χ3v) is 3.66. The van der Waals surface area contributed by atoms with Crippen molar-refractivity contribution in [2.45, 2.75) is 52.4 Å². The van der Waals surface area contributed by atoms with Crippen LogP contribution in [0, 0.1) is 12.8 Å². The van der Waals surface area contributed by atoms with Crippen molar-refractivity contribution >= 4 is 11.6 Å². The van der Waals surface area contributed by atoms with Gasteiger partial charge in [0.25, 0.3) is 0 Å². The molecule has 0 spiro atoms. The summed E-state index contributed by atoms with van der Waals surface area (Å²) in [5, 5.41) is 4.22. The van der Waals surface area contributed by atoms with Crippen LogP contribution in [0.25, 0.3) is 0 Å². The number of carbonyl (C=O) groups excluding carboxylic acids is 1. The number of hydrogen-bond acceptors (Lipinski definition) is 3. The summed E-state index contributed by atoms with van der Waals surface area (Å²) >= 11 is 0. The lowest BCUT2D eigenvalue weighted by Gasteiger charge is -2.22. The fourth-order valence-corrected chi connectivity index (χ4v) is 2.56. The predicted molar refractivity (Wildman–Crippen MR) is 75.2 cm³/mol. The molecule has 1 saturated carbocycles. The van der Waals surface area contributed by atoms with Crippen molar-refractivity contribution in [1.82, 2.24) is 5.43 Å². The van der Waals surface area contributed by atoms with Crippen molar-refractivity contribution in [3.8, 4) is 0 Å². The quantitative estimate of drug-likeness (QED) is 0.842. The van der Waals surface area contributed by atoms with E-state index in [9.17, 15) is 4.79 Å². The minimum atomic E-state index is -0.267. The predicted octanol–water partition coefficient (Wildman–Crippen LogP) is 3.66. The summed E-state index contributed by atoms with van der Waals surface area (Å²) in [6.45, 7) is 4.05. The zero-order valence-corrected chi connectivity index (χ0v) is 11.7. The van der Waals surface area contributed by atoms with Gasteiger partial charge in [-0.1, -0.05) is 19.8 Å². The maximum atomic E-state index is 11.8. The Hall–Kier alpha value is -1.58. The van der Waals surface area contributed by atoms with E-state index in [1.165, 1.54) is 25.7 Å². The Bertz CT molecular complexity index is 452. The van der Waals surface area contributed by atoms with Gasteiger partial charge < -0.3 is 4.42 Å². The summed E-state index contributed by atoms with van der Waals surface area (Å²) in [5.41, 5.74) is 3.69. The van der Waals surface area contributed by atoms with Crippen LogP contribution in [0.15, 0.2) is 21.7 Å². The molecule has 2 rings (SSSR count). The Morgan fingerprint density at radius 1 is 1.42 bits per heavy atom. The molecule has 1 aliphatic rings. The second kappa shape index (κ2) is 6.55. The van der Waals surface area contributed by atoms with E-state index in [0.29, 0.717) is 5.76 Å². The van der Waals surface area contributed by atoms with Crippen LogP contribution in [-0.4, -0.2) is 11.6 Å². The fraction of sp³-hybridized carbons (Fsp3) is 0.600. The normalized spacial score (nSPS) is 19.3. The third kappa shape index (κ3) is 3.94. The average Bonchev–Trinajstić information content (AvgIpc) is 2.85. The first-order valence-corrected chi connectivity index (χ1v) is 7.11. The molecule has 0 atom stereocenters. The standard InChI is InChI=1S/C15H22N2O2/c1-3-4-12-6-8-13(9-7-12)16-17-15(18)14-10-5-11(2)19-14/h5,10,12H,3-4,6-9H2,1-2H3,(H,17,18). The van der Waals surface area contributed by atoms with Crippen molar-refractivity contribution in [2.24, 2.45) is 11.0 Å². The van der Waals surface area contributed by atoms with Crippen LogP contribution in [0.2, 0.25) is 0 Å². The number of furan rings is 1. The smallest absolute Gasteiger partial charge is 0.307 e. The van der Waals surface area contributed by atoms with Gasteiger partial charge in [0.1, 0.15) is 5.76 Å². The molecule has 4 nitrogen and oxygen atoms in total. The van der Waals surface area contributed by atoms with Crippen molar-refractivity contribution in [3.05, 3.63) is 23.7 Å². The van der Waals surface area contributed by atoms with Gasteiger partial charge in [0, 0.05) is 5.71 Å². The van der Waals surface area contributed by atoms with Gasteiger partial charge in [-0.25, -0.2) is 5.43 Å². The number of hydrogen-bond donors (Lipinski definition) is 1. The lowest BCUT2D eigenvalue weighted by atomic mass is 9.85. The van der Waals surface area contributed by atoms with E-state index >= 15 is 0 Å². The topological polar surface area (TPSA) is 54.6 Å². The number of carbonyl (C=O) groups is 1. The second-order valence-corrected chi connectivity index (χ2v) is 5.26. The lowest BCUT2D eigenvalue weighted by Crippen LogP contribution is -2.22. The summed E-state index contributed by atoms with van der Waals surface area (Å²) in [7, 11) is 0. The van der Waals surface area contributed by atoms with Crippen molar-refractivity contribution in [1.29, 1.82) is 0 Å². The summed E-state index contributed by atoms with van der Waals surface area (Å²) in [6.07, 6.45) is 6.96.